The van der Waals surface area contributed by atoms with Gasteiger partial charge in [-0.05, 0) is 26.3 Å². The van der Waals surface area contributed by atoms with Gasteiger partial charge in [-0.3, -0.25) is 0 Å². The van der Waals surface area contributed by atoms with E-state index < -0.39 is 74.4 Å². The SMILES string of the molecule is CC(C[C@@H]1O[C@H](CO)C(OC2O[C@H](CO)[C@H](O)[C@H](O)[C@H]2O)[C@H](O)[C@H]1O)NCCCO. The van der Waals surface area contributed by atoms with Crippen LogP contribution in [0.5, 0.6) is 0 Å². The normalized spacial score (nSPS) is 43.5. The van der Waals surface area contributed by atoms with Gasteiger partial charge < -0.3 is 60.4 Å². The molecule has 11 atom stereocenters. The van der Waals surface area contributed by atoms with Crippen LogP contribution in [0.3, 0.4) is 0 Å². The van der Waals surface area contributed by atoms with E-state index in [2.05, 4.69) is 5.32 Å². The molecule has 2 saturated heterocycles. The van der Waals surface area contributed by atoms with Crippen molar-refractivity contribution in [3.8, 4) is 0 Å². The van der Waals surface area contributed by atoms with Crippen molar-refractivity contribution in [3.63, 3.8) is 0 Å². The Morgan fingerprint density at radius 1 is 0.800 bits per heavy atom. The third kappa shape index (κ3) is 6.06. The van der Waals surface area contributed by atoms with Crippen molar-refractivity contribution in [1.82, 2.24) is 5.32 Å². The van der Waals surface area contributed by atoms with Gasteiger partial charge in [0.05, 0.1) is 19.3 Å². The maximum absolute atomic E-state index is 10.6. The van der Waals surface area contributed by atoms with E-state index in [0.717, 1.165) is 0 Å². The van der Waals surface area contributed by atoms with Gasteiger partial charge in [-0.2, -0.15) is 0 Å². The molecular weight excluding hydrogens is 406 g/mol. The molecular formula is C18H35NO11. The number of nitrogens with one attached hydrogen (secondary N) is 1. The minimum Gasteiger partial charge on any atom is -0.396 e. The van der Waals surface area contributed by atoms with Gasteiger partial charge in [0.25, 0.3) is 0 Å². The zero-order chi connectivity index (χ0) is 22.4. The van der Waals surface area contributed by atoms with Gasteiger partial charge >= 0.3 is 0 Å². The van der Waals surface area contributed by atoms with Crippen LogP contribution < -0.4 is 5.32 Å². The van der Waals surface area contributed by atoms with Crippen molar-refractivity contribution in [2.24, 2.45) is 0 Å². The Kier molecular flexibility index (Phi) is 10.3. The second-order valence-corrected chi connectivity index (χ2v) is 7.84. The molecule has 12 heteroatoms. The second-order valence-electron chi connectivity index (χ2n) is 7.84. The molecule has 12 nitrogen and oxygen atoms in total. The molecule has 2 fully saturated rings. The average molecular weight is 441 g/mol. The van der Waals surface area contributed by atoms with Crippen molar-refractivity contribution in [1.29, 1.82) is 0 Å². The Morgan fingerprint density at radius 2 is 1.43 bits per heavy atom. The van der Waals surface area contributed by atoms with Gasteiger partial charge in [-0.1, -0.05) is 0 Å². The van der Waals surface area contributed by atoms with Gasteiger partial charge in [-0.25, -0.2) is 0 Å². The van der Waals surface area contributed by atoms with Crippen LogP contribution in [0.1, 0.15) is 19.8 Å². The fourth-order valence-electron chi connectivity index (χ4n) is 3.72. The summed E-state index contributed by atoms with van der Waals surface area (Å²) in [5, 5.41) is 81.9. The van der Waals surface area contributed by atoms with Crippen LogP contribution in [0.25, 0.3) is 0 Å². The van der Waals surface area contributed by atoms with E-state index in [1.54, 1.807) is 0 Å². The molecule has 2 heterocycles. The molecule has 0 aromatic carbocycles. The van der Waals surface area contributed by atoms with Gasteiger partial charge in [0, 0.05) is 12.6 Å². The zero-order valence-electron chi connectivity index (χ0n) is 16.9. The summed E-state index contributed by atoms with van der Waals surface area (Å²) in [4.78, 5) is 0. The van der Waals surface area contributed by atoms with E-state index >= 15 is 0 Å². The summed E-state index contributed by atoms with van der Waals surface area (Å²) in [7, 11) is 0. The van der Waals surface area contributed by atoms with Crippen LogP contribution in [0.4, 0.5) is 0 Å². The lowest BCUT2D eigenvalue weighted by atomic mass is 9.91. The third-order valence-corrected chi connectivity index (χ3v) is 5.52. The highest BCUT2D eigenvalue weighted by atomic mass is 16.7. The van der Waals surface area contributed by atoms with E-state index in [1.807, 2.05) is 6.92 Å². The Morgan fingerprint density at radius 3 is 2.03 bits per heavy atom. The van der Waals surface area contributed by atoms with E-state index in [4.69, 9.17) is 19.3 Å². The topological polar surface area (TPSA) is 202 Å². The predicted molar refractivity (Wildman–Crippen MR) is 100 cm³/mol. The largest absolute Gasteiger partial charge is 0.396 e. The molecule has 2 rings (SSSR count). The number of hydrogen-bond acceptors (Lipinski definition) is 12. The maximum atomic E-state index is 10.6. The summed E-state index contributed by atoms with van der Waals surface area (Å²) in [6.45, 7) is 1.25. The summed E-state index contributed by atoms with van der Waals surface area (Å²) in [5.74, 6) is 0. The first kappa shape index (κ1) is 25.8. The fourth-order valence-corrected chi connectivity index (χ4v) is 3.72. The van der Waals surface area contributed by atoms with Crippen molar-refractivity contribution >= 4 is 0 Å². The van der Waals surface area contributed by atoms with Crippen LogP contribution in [-0.2, 0) is 14.2 Å². The van der Waals surface area contributed by atoms with Gasteiger partial charge in [0.15, 0.2) is 6.29 Å². The zero-order valence-corrected chi connectivity index (χ0v) is 16.9. The van der Waals surface area contributed by atoms with Crippen LogP contribution >= 0.6 is 0 Å². The van der Waals surface area contributed by atoms with Crippen LogP contribution in [-0.4, -0.2) is 134 Å². The number of aliphatic hydroxyl groups is 8. The van der Waals surface area contributed by atoms with Gasteiger partial charge in [0.1, 0.15) is 48.8 Å². The number of rotatable bonds is 10. The second kappa shape index (κ2) is 11.9. The number of hydrogen-bond donors (Lipinski definition) is 9. The molecule has 9 N–H and O–H groups in total. The fraction of sp³-hybridized carbons (Fsp3) is 1.00. The Bertz CT molecular complexity index is 497. The monoisotopic (exact) mass is 441 g/mol. The third-order valence-electron chi connectivity index (χ3n) is 5.52. The van der Waals surface area contributed by atoms with Crippen LogP contribution in [0.2, 0.25) is 0 Å². The minimum atomic E-state index is -1.69. The molecule has 2 aliphatic heterocycles. The van der Waals surface area contributed by atoms with Gasteiger partial charge in [-0.15, -0.1) is 0 Å². The standard InChI is InChI=1S/C18H35NO11/c1-8(19-3-2-4-20)5-9-12(23)15(26)17(11(7-22)28-9)30-18-16(27)14(25)13(24)10(6-21)29-18/h8-27H,2-7H2,1H3/t8?,9-,10+,11+,12-,13-,14-,15+,16+,17?,18?/m0/s1. The first-order chi connectivity index (χ1) is 14.2. The van der Waals surface area contributed by atoms with E-state index in [1.165, 1.54) is 0 Å². The Labute approximate surface area is 174 Å². The minimum absolute atomic E-state index is 0.0462. The molecule has 0 aliphatic carbocycles. The lowest BCUT2D eigenvalue weighted by molar-refractivity contribution is -0.342. The first-order valence-electron chi connectivity index (χ1n) is 10.2. The maximum Gasteiger partial charge on any atom is 0.187 e. The van der Waals surface area contributed by atoms with Crippen molar-refractivity contribution in [2.45, 2.75) is 87.0 Å². The van der Waals surface area contributed by atoms with Crippen LogP contribution in [0, 0.1) is 0 Å². The lowest BCUT2D eigenvalue weighted by Crippen LogP contribution is -2.64. The molecule has 0 spiro atoms. The average Bonchev–Trinajstić information content (AvgIpc) is 2.73. The summed E-state index contributed by atoms with van der Waals surface area (Å²) in [6, 6.07) is -0.106. The lowest BCUT2D eigenvalue weighted by Gasteiger charge is -2.46. The molecule has 0 amide bonds. The van der Waals surface area contributed by atoms with E-state index in [9.17, 15) is 35.7 Å². The number of aliphatic hydroxyl groups excluding tert-OH is 8. The molecule has 178 valence electrons. The highest BCUT2D eigenvalue weighted by Crippen LogP contribution is 2.30. The molecule has 0 saturated carbocycles. The summed E-state index contributed by atoms with van der Waals surface area (Å²) >= 11 is 0. The van der Waals surface area contributed by atoms with E-state index in [-0.39, 0.29) is 12.6 Å². The summed E-state index contributed by atoms with van der Waals surface area (Å²) in [5.41, 5.74) is 0. The molecule has 0 radical (unpaired) electrons. The first-order valence-corrected chi connectivity index (χ1v) is 10.2. The Hall–Kier alpha value is -0.480. The molecule has 0 aromatic rings. The smallest absolute Gasteiger partial charge is 0.187 e. The predicted octanol–water partition coefficient (Wildman–Crippen LogP) is -4.60. The van der Waals surface area contributed by atoms with E-state index in [0.29, 0.717) is 19.4 Å². The van der Waals surface area contributed by atoms with Crippen molar-refractivity contribution in [3.05, 3.63) is 0 Å². The van der Waals surface area contributed by atoms with Crippen molar-refractivity contribution in [2.75, 3.05) is 26.4 Å². The highest BCUT2D eigenvalue weighted by Gasteiger charge is 2.50. The summed E-state index contributed by atoms with van der Waals surface area (Å²) in [6.07, 6.45) is -12.9. The van der Waals surface area contributed by atoms with Crippen LogP contribution in [0.15, 0.2) is 0 Å². The molecule has 30 heavy (non-hydrogen) atoms. The molecule has 2 aliphatic rings. The summed E-state index contributed by atoms with van der Waals surface area (Å²) < 4.78 is 16.5. The highest BCUT2D eigenvalue weighted by molar-refractivity contribution is 4.96. The quantitative estimate of drug-likeness (QED) is 0.147. The van der Waals surface area contributed by atoms with Crippen molar-refractivity contribution < 1.29 is 55.1 Å². The molecule has 3 unspecified atom stereocenters. The number of ether oxygens (including phenoxy) is 3. The molecule has 0 bridgehead atoms. The Balaban J connectivity index is 2.02. The molecule has 0 aromatic heterocycles. The van der Waals surface area contributed by atoms with Gasteiger partial charge in [0.2, 0.25) is 0 Å².